The molecule has 0 spiro atoms. The Labute approximate surface area is 170 Å². The molecule has 0 aliphatic rings. The van der Waals surface area contributed by atoms with Gasteiger partial charge in [0.25, 0.3) is 0 Å². The minimum absolute atomic E-state index is 0.190. The van der Waals surface area contributed by atoms with Crippen LogP contribution in [0.1, 0.15) is 34.3 Å². The number of rotatable bonds is 8. The number of ether oxygens (including phenoxy) is 3. The molecule has 146 valence electrons. The molecule has 0 saturated heterocycles. The zero-order valence-corrected chi connectivity index (χ0v) is 18.0. The highest BCUT2D eigenvalue weighted by atomic mass is 79.9. The number of methoxy groups -OCH3 is 3. The van der Waals surface area contributed by atoms with Crippen molar-refractivity contribution in [2.75, 3.05) is 26.6 Å². The normalized spacial score (nSPS) is 10.4. The molecule has 9 heteroatoms. The first-order valence-corrected chi connectivity index (χ1v) is 9.82. The molecule has 0 radical (unpaired) electrons. The van der Waals surface area contributed by atoms with Crippen LogP contribution in [0, 0.1) is 0 Å². The van der Waals surface area contributed by atoms with E-state index in [2.05, 4.69) is 26.2 Å². The molecule has 2 aromatic rings. The van der Waals surface area contributed by atoms with Gasteiger partial charge in [0.15, 0.2) is 16.6 Å². The van der Waals surface area contributed by atoms with E-state index in [4.69, 9.17) is 14.2 Å². The van der Waals surface area contributed by atoms with Crippen LogP contribution in [-0.4, -0.2) is 38.2 Å². The Bertz CT molecular complexity index is 837. The van der Waals surface area contributed by atoms with Crippen LogP contribution in [0.4, 0.5) is 5.13 Å². The first kappa shape index (κ1) is 21.2. The summed E-state index contributed by atoms with van der Waals surface area (Å²) in [6, 6.07) is 3.65. The third-order valence-corrected chi connectivity index (χ3v) is 5.55. The van der Waals surface area contributed by atoms with Crippen LogP contribution in [0.2, 0.25) is 0 Å². The van der Waals surface area contributed by atoms with E-state index in [1.165, 1.54) is 7.11 Å². The Morgan fingerprint density at radius 2 is 1.85 bits per heavy atom. The van der Waals surface area contributed by atoms with E-state index in [1.807, 2.05) is 19.1 Å². The number of hydrogen-bond acceptors (Lipinski definition) is 7. The number of carbonyl (C=O) groups is 2. The van der Waals surface area contributed by atoms with Crippen LogP contribution in [-0.2, 0) is 22.4 Å². The summed E-state index contributed by atoms with van der Waals surface area (Å²) < 4.78 is 16.1. The van der Waals surface area contributed by atoms with E-state index < -0.39 is 5.97 Å². The number of benzene rings is 1. The fourth-order valence-electron chi connectivity index (χ4n) is 2.41. The summed E-state index contributed by atoms with van der Waals surface area (Å²) in [5.74, 6) is 0.581. The smallest absolute Gasteiger partial charge is 0.350 e. The predicted molar refractivity (Wildman–Crippen MR) is 107 cm³/mol. The molecule has 2 rings (SSSR count). The number of thiazole rings is 1. The minimum atomic E-state index is -0.445. The molecule has 0 saturated carbocycles. The van der Waals surface area contributed by atoms with Crippen LogP contribution in [0.25, 0.3) is 0 Å². The number of esters is 1. The topological polar surface area (TPSA) is 86.8 Å². The van der Waals surface area contributed by atoms with Crippen molar-refractivity contribution in [3.63, 3.8) is 0 Å². The highest BCUT2D eigenvalue weighted by molar-refractivity contribution is 9.10. The van der Waals surface area contributed by atoms with Crippen LogP contribution in [0.15, 0.2) is 16.6 Å². The van der Waals surface area contributed by atoms with Gasteiger partial charge in [-0.3, -0.25) is 4.79 Å². The van der Waals surface area contributed by atoms with Crippen LogP contribution in [0.5, 0.6) is 11.5 Å². The standard InChI is InChI=1S/C18H21BrN2O5S/c1-5-12-16(17(23)26-4)27-18(20-12)21-15(22)7-6-10-8-13(24-2)14(25-3)9-11(10)19/h8-9H,5-7H2,1-4H3,(H,20,21,22). The van der Waals surface area contributed by atoms with Gasteiger partial charge in [0.05, 0.1) is 27.0 Å². The number of hydrogen-bond donors (Lipinski definition) is 1. The van der Waals surface area contributed by atoms with Crippen molar-refractivity contribution in [3.05, 3.63) is 32.7 Å². The van der Waals surface area contributed by atoms with Crippen molar-refractivity contribution >= 4 is 44.3 Å². The number of amides is 1. The van der Waals surface area contributed by atoms with Gasteiger partial charge in [-0.05, 0) is 30.5 Å². The van der Waals surface area contributed by atoms with E-state index in [9.17, 15) is 9.59 Å². The summed E-state index contributed by atoms with van der Waals surface area (Å²) >= 11 is 4.60. The lowest BCUT2D eigenvalue weighted by Gasteiger charge is -2.11. The molecule has 27 heavy (non-hydrogen) atoms. The Morgan fingerprint density at radius 3 is 2.44 bits per heavy atom. The SMILES string of the molecule is CCc1nc(NC(=O)CCc2cc(OC)c(OC)cc2Br)sc1C(=O)OC. The number of anilines is 1. The lowest BCUT2D eigenvalue weighted by Crippen LogP contribution is -2.12. The second-order valence-electron chi connectivity index (χ2n) is 5.49. The van der Waals surface area contributed by atoms with Crippen molar-refractivity contribution in [3.8, 4) is 11.5 Å². The van der Waals surface area contributed by atoms with Gasteiger partial charge >= 0.3 is 5.97 Å². The van der Waals surface area contributed by atoms with E-state index in [-0.39, 0.29) is 12.3 Å². The van der Waals surface area contributed by atoms with Gasteiger partial charge in [-0.25, -0.2) is 9.78 Å². The third-order valence-electron chi connectivity index (χ3n) is 3.82. The van der Waals surface area contributed by atoms with E-state index >= 15 is 0 Å². The molecular formula is C18H21BrN2O5S. The van der Waals surface area contributed by atoms with Gasteiger partial charge in [0.1, 0.15) is 4.88 Å². The monoisotopic (exact) mass is 456 g/mol. The minimum Gasteiger partial charge on any atom is -0.493 e. The maximum atomic E-state index is 12.3. The lowest BCUT2D eigenvalue weighted by molar-refractivity contribution is -0.116. The highest BCUT2D eigenvalue weighted by Crippen LogP contribution is 2.34. The van der Waals surface area contributed by atoms with Gasteiger partial charge in [-0.15, -0.1) is 0 Å². The van der Waals surface area contributed by atoms with Gasteiger partial charge in [-0.1, -0.05) is 34.2 Å². The van der Waals surface area contributed by atoms with E-state index in [0.29, 0.717) is 40.0 Å². The summed E-state index contributed by atoms with van der Waals surface area (Å²) in [6.07, 6.45) is 1.33. The van der Waals surface area contributed by atoms with E-state index in [1.54, 1.807) is 14.2 Å². The Morgan fingerprint density at radius 1 is 1.19 bits per heavy atom. The molecule has 1 N–H and O–H groups in total. The van der Waals surface area contributed by atoms with Crippen LogP contribution in [0.3, 0.4) is 0 Å². The van der Waals surface area contributed by atoms with Crippen molar-refractivity contribution in [2.24, 2.45) is 0 Å². The number of carbonyl (C=O) groups excluding carboxylic acids is 2. The quantitative estimate of drug-likeness (QED) is 0.607. The van der Waals surface area contributed by atoms with Crippen molar-refractivity contribution in [1.29, 1.82) is 0 Å². The lowest BCUT2D eigenvalue weighted by atomic mass is 10.1. The first-order chi connectivity index (χ1) is 12.9. The van der Waals surface area contributed by atoms with Crippen molar-refractivity contribution in [1.82, 2.24) is 4.98 Å². The first-order valence-electron chi connectivity index (χ1n) is 8.21. The molecule has 7 nitrogen and oxygen atoms in total. The summed E-state index contributed by atoms with van der Waals surface area (Å²) in [6.45, 7) is 1.89. The number of aromatic nitrogens is 1. The fourth-order valence-corrected chi connectivity index (χ4v) is 3.92. The molecule has 0 aliphatic carbocycles. The van der Waals surface area contributed by atoms with Gasteiger partial charge < -0.3 is 19.5 Å². The number of aryl methyl sites for hydroxylation is 2. The molecule has 1 aromatic carbocycles. The zero-order chi connectivity index (χ0) is 20.0. The van der Waals surface area contributed by atoms with Crippen LogP contribution >= 0.6 is 27.3 Å². The molecule has 1 heterocycles. The van der Waals surface area contributed by atoms with Crippen molar-refractivity contribution in [2.45, 2.75) is 26.2 Å². The van der Waals surface area contributed by atoms with Crippen molar-refractivity contribution < 1.29 is 23.8 Å². The molecule has 0 bridgehead atoms. The summed E-state index contributed by atoms with van der Waals surface area (Å²) in [7, 11) is 4.45. The van der Waals surface area contributed by atoms with Gasteiger partial charge in [0, 0.05) is 10.9 Å². The molecule has 0 fully saturated rings. The number of halogens is 1. The maximum Gasteiger partial charge on any atom is 0.350 e. The summed E-state index contributed by atoms with van der Waals surface area (Å²) in [5.41, 5.74) is 1.54. The number of nitrogens with one attached hydrogen (secondary N) is 1. The average Bonchev–Trinajstić information content (AvgIpc) is 3.08. The fraction of sp³-hybridized carbons (Fsp3) is 0.389. The zero-order valence-electron chi connectivity index (χ0n) is 15.6. The number of nitrogens with zero attached hydrogens (tertiary/aromatic N) is 1. The average molecular weight is 457 g/mol. The Kier molecular flexibility index (Phi) is 7.61. The molecule has 0 aliphatic heterocycles. The molecular weight excluding hydrogens is 436 g/mol. The molecule has 1 amide bonds. The highest BCUT2D eigenvalue weighted by Gasteiger charge is 2.19. The maximum absolute atomic E-state index is 12.3. The second kappa shape index (κ2) is 9.70. The Hall–Kier alpha value is -2.13. The molecule has 1 aromatic heterocycles. The van der Waals surface area contributed by atoms with Gasteiger partial charge in [-0.2, -0.15) is 0 Å². The summed E-state index contributed by atoms with van der Waals surface area (Å²) in [4.78, 5) is 28.8. The summed E-state index contributed by atoms with van der Waals surface area (Å²) in [5, 5.41) is 3.14. The second-order valence-corrected chi connectivity index (χ2v) is 7.34. The largest absolute Gasteiger partial charge is 0.493 e. The van der Waals surface area contributed by atoms with Crippen LogP contribution < -0.4 is 14.8 Å². The van der Waals surface area contributed by atoms with Gasteiger partial charge in [0.2, 0.25) is 5.91 Å². The van der Waals surface area contributed by atoms with E-state index in [0.717, 1.165) is 21.4 Å². The molecule has 0 atom stereocenters. The molecule has 0 unspecified atom stereocenters. The third kappa shape index (κ3) is 5.20. The predicted octanol–water partition coefficient (Wildman–Crippen LogP) is 3.84. The Balaban J connectivity index is 2.05.